The molecule has 1 fully saturated rings. The predicted octanol–water partition coefficient (Wildman–Crippen LogP) is 3.11. The van der Waals surface area contributed by atoms with E-state index in [4.69, 9.17) is 5.26 Å². The third kappa shape index (κ3) is 3.48. The van der Waals surface area contributed by atoms with Crippen molar-refractivity contribution >= 4 is 5.69 Å². The molecule has 0 radical (unpaired) electrons. The van der Waals surface area contributed by atoms with Gasteiger partial charge in [0.05, 0.1) is 17.2 Å². The van der Waals surface area contributed by atoms with Gasteiger partial charge in [0.2, 0.25) is 0 Å². The average molecular weight is 297 g/mol. The van der Waals surface area contributed by atoms with E-state index in [-0.39, 0.29) is 5.56 Å². The number of hydrogen-bond donors (Lipinski definition) is 0. The van der Waals surface area contributed by atoms with Gasteiger partial charge in [0, 0.05) is 25.3 Å². The van der Waals surface area contributed by atoms with E-state index in [0.717, 1.165) is 25.5 Å². The Balaban J connectivity index is 2.22. The van der Waals surface area contributed by atoms with Gasteiger partial charge in [0.1, 0.15) is 0 Å². The summed E-state index contributed by atoms with van der Waals surface area (Å²) in [4.78, 5) is 4.05. The van der Waals surface area contributed by atoms with Crippen LogP contribution in [-0.2, 0) is 6.18 Å². The molecule has 3 nitrogen and oxygen atoms in total. The van der Waals surface area contributed by atoms with Crippen molar-refractivity contribution < 1.29 is 13.2 Å². The van der Waals surface area contributed by atoms with E-state index in [2.05, 4.69) is 4.90 Å². The molecule has 21 heavy (non-hydrogen) atoms. The number of rotatable bonds is 3. The van der Waals surface area contributed by atoms with Gasteiger partial charge in [-0.1, -0.05) is 0 Å². The lowest BCUT2D eigenvalue weighted by molar-refractivity contribution is -0.137. The highest BCUT2D eigenvalue weighted by Crippen LogP contribution is 2.34. The first-order chi connectivity index (χ1) is 9.82. The zero-order valence-corrected chi connectivity index (χ0v) is 12.1. The Bertz CT molecular complexity index is 548. The van der Waals surface area contributed by atoms with Gasteiger partial charge in [0.25, 0.3) is 0 Å². The van der Waals surface area contributed by atoms with Crippen molar-refractivity contribution in [2.75, 3.05) is 32.1 Å². The molecular weight excluding hydrogens is 279 g/mol. The van der Waals surface area contributed by atoms with Crippen molar-refractivity contribution in [2.45, 2.75) is 25.1 Å². The molecule has 1 aliphatic heterocycles. The fraction of sp³-hybridized carbons (Fsp3) is 0.533. The van der Waals surface area contributed by atoms with Crippen LogP contribution in [0.15, 0.2) is 18.2 Å². The van der Waals surface area contributed by atoms with Gasteiger partial charge in [-0.2, -0.15) is 18.4 Å². The summed E-state index contributed by atoms with van der Waals surface area (Å²) in [5, 5.41) is 8.81. The Labute approximate surface area is 122 Å². The molecule has 0 amide bonds. The molecular formula is C15H18F3N3. The first-order valence-corrected chi connectivity index (χ1v) is 6.85. The fourth-order valence-corrected chi connectivity index (χ4v) is 2.73. The lowest BCUT2D eigenvalue weighted by Gasteiger charge is -2.28. The van der Waals surface area contributed by atoms with Gasteiger partial charge in [-0.25, -0.2) is 0 Å². The highest BCUT2D eigenvalue weighted by molar-refractivity contribution is 5.54. The van der Waals surface area contributed by atoms with Crippen molar-refractivity contribution in [2.24, 2.45) is 0 Å². The molecule has 1 aromatic rings. The molecule has 1 atom stereocenters. The molecule has 114 valence electrons. The maximum atomic E-state index is 13.0. The van der Waals surface area contributed by atoms with E-state index in [1.807, 2.05) is 11.9 Å². The lowest BCUT2D eigenvalue weighted by atomic mass is 10.1. The lowest BCUT2D eigenvalue weighted by Crippen LogP contribution is -2.36. The quantitative estimate of drug-likeness (QED) is 0.859. The summed E-state index contributed by atoms with van der Waals surface area (Å²) in [5.74, 6) is 0. The zero-order valence-electron chi connectivity index (χ0n) is 12.1. The van der Waals surface area contributed by atoms with Crippen molar-refractivity contribution in [3.8, 4) is 6.07 Å². The molecule has 6 heteroatoms. The van der Waals surface area contributed by atoms with Crippen LogP contribution >= 0.6 is 0 Å². The Morgan fingerprint density at radius 1 is 1.43 bits per heavy atom. The Kier molecular flexibility index (Phi) is 4.43. The molecule has 0 aromatic heterocycles. The van der Waals surface area contributed by atoms with Crippen LogP contribution in [0.5, 0.6) is 0 Å². The summed E-state index contributed by atoms with van der Waals surface area (Å²) in [6.07, 6.45) is -2.33. The molecule has 1 aromatic carbocycles. The first kappa shape index (κ1) is 15.6. The minimum Gasteiger partial charge on any atom is -0.373 e. The smallest absolute Gasteiger partial charge is 0.373 e. The van der Waals surface area contributed by atoms with Crippen molar-refractivity contribution in [3.63, 3.8) is 0 Å². The van der Waals surface area contributed by atoms with E-state index in [1.54, 1.807) is 19.2 Å². The Morgan fingerprint density at radius 2 is 2.14 bits per heavy atom. The van der Waals surface area contributed by atoms with Gasteiger partial charge >= 0.3 is 6.18 Å². The summed E-state index contributed by atoms with van der Waals surface area (Å²) in [6.45, 7) is 1.71. The number of benzene rings is 1. The molecule has 2 rings (SSSR count). The highest BCUT2D eigenvalue weighted by Gasteiger charge is 2.34. The molecule has 1 heterocycles. The third-order valence-electron chi connectivity index (χ3n) is 4.03. The van der Waals surface area contributed by atoms with Crippen LogP contribution in [0.2, 0.25) is 0 Å². The first-order valence-electron chi connectivity index (χ1n) is 6.85. The molecule has 1 unspecified atom stereocenters. The second-order valence-electron chi connectivity index (χ2n) is 5.50. The molecule has 1 saturated heterocycles. The molecule has 1 aliphatic rings. The second kappa shape index (κ2) is 5.94. The summed E-state index contributed by atoms with van der Waals surface area (Å²) >= 11 is 0. The van der Waals surface area contributed by atoms with E-state index in [1.165, 1.54) is 6.07 Å². The highest BCUT2D eigenvalue weighted by atomic mass is 19.4. The maximum Gasteiger partial charge on any atom is 0.417 e. The fourth-order valence-electron chi connectivity index (χ4n) is 2.73. The summed E-state index contributed by atoms with van der Waals surface area (Å²) < 4.78 is 38.9. The molecule has 0 N–H and O–H groups in total. The second-order valence-corrected chi connectivity index (χ2v) is 5.50. The van der Waals surface area contributed by atoms with Crippen molar-refractivity contribution in [3.05, 3.63) is 29.3 Å². The number of anilines is 1. The van der Waals surface area contributed by atoms with E-state index in [0.29, 0.717) is 18.3 Å². The Hall–Kier alpha value is -1.74. The van der Waals surface area contributed by atoms with Gasteiger partial charge in [-0.05, 0) is 44.6 Å². The number of nitriles is 1. The number of hydrogen-bond acceptors (Lipinski definition) is 3. The van der Waals surface area contributed by atoms with Gasteiger partial charge in [0.15, 0.2) is 0 Å². The minimum atomic E-state index is -4.51. The molecule has 0 spiro atoms. The van der Waals surface area contributed by atoms with Crippen LogP contribution in [-0.4, -0.2) is 38.1 Å². The standard InChI is InChI=1S/C15H18F3N3/c1-20-7-3-4-13(20)10-21(2)12-6-5-11(9-19)14(8-12)15(16,17)18/h5-6,8,13H,3-4,7,10H2,1-2H3. The summed E-state index contributed by atoms with van der Waals surface area (Å²) in [7, 11) is 3.82. The number of nitrogens with zero attached hydrogens (tertiary/aromatic N) is 3. The van der Waals surface area contributed by atoms with E-state index in [9.17, 15) is 13.2 Å². The minimum absolute atomic E-state index is 0.336. The molecule has 0 saturated carbocycles. The van der Waals surface area contributed by atoms with Crippen molar-refractivity contribution in [1.82, 2.24) is 4.90 Å². The largest absolute Gasteiger partial charge is 0.417 e. The average Bonchev–Trinajstić information content (AvgIpc) is 2.82. The SMILES string of the molecule is CN(CC1CCCN1C)c1ccc(C#N)c(C(F)(F)F)c1. The van der Waals surface area contributed by atoms with Crippen LogP contribution in [0.3, 0.4) is 0 Å². The normalized spacial score (nSPS) is 19.5. The molecule has 0 aliphatic carbocycles. The molecule has 0 bridgehead atoms. The van der Waals surface area contributed by atoms with Crippen LogP contribution in [0.25, 0.3) is 0 Å². The number of likely N-dealkylation sites (tertiary alicyclic amines) is 1. The zero-order chi connectivity index (χ0) is 15.6. The topological polar surface area (TPSA) is 30.3 Å². The number of halogens is 3. The summed E-state index contributed by atoms with van der Waals surface area (Å²) in [6, 6.07) is 5.84. The van der Waals surface area contributed by atoms with Crippen LogP contribution in [0.1, 0.15) is 24.0 Å². The van der Waals surface area contributed by atoms with Crippen LogP contribution in [0.4, 0.5) is 18.9 Å². The van der Waals surface area contributed by atoms with E-state index < -0.39 is 11.7 Å². The van der Waals surface area contributed by atoms with Crippen molar-refractivity contribution in [1.29, 1.82) is 5.26 Å². The number of alkyl halides is 3. The van der Waals surface area contributed by atoms with E-state index >= 15 is 0 Å². The van der Waals surface area contributed by atoms with Gasteiger partial charge < -0.3 is 9.80 Å². The maximum absolute atomic E-state index is 13.0. The summed E-state index contributed by atoms with van der Waals surface area (Å²) in [5.41, 5.74) is -0.714. The van der Waals surface area contributed by atoms with Gasteiger partial charge in [-0.15, -0.1) is 0 Å². The monoisotopic (exact) mass is 297 g/mol. The van der Waals surface area contributed by atoms with Crippen LogP contribution < -0.4 is 4.90 Å². The van der Waals surface area contributed by atoms with Crippen LogP contribution in [0, 0.1) is 11.3 Å². The Morgan fingerprint density at radius 3 is 2.67 bits per heavy atom. The third-order valence-corrected chi connectivity index (χ3v) is 4.03. The van der Waals surface area contributed by atoms with Gasteiger partial charge in [-0.3, -0.25) is 0 Å². The predicted molar refractivity (Wildman–Crippen MR) is 75.1 cm³/mol. The number of likely N-dealkylation sites (N-methyl/N-ethyl adjacent to an activating group) is 2.